The van der Waals surface area contributed by atoms with Crippen LogP contribution in [-0.4, -0.2) is 80.6 Å². The number of rotatable bonds is 5. The molecule has 154 valence electrons. The van der Waals surface area contributed by atoms with Gasteiger partial charge in [-0.25, -0.2) is 14.6 Å². The molecule has 30 heavy (non-hydrogen) atoms. The zero-order valence-electron chi connectivity index (χ0n) is 16.6. The smallest absolute Gasteiger partial charge is 0.229 e. The highest BCUT2D eigenvalue weighted by atomic mass is 16.2. The molecule has 1 aromatic carbocycles. The van der Waals surface area contributed by atoms with Gasteiger partial charge in [0, 0.05) is 52.1 Å². The number of amides is 2. The average Bonchev–Trinajstić information content (AvgIpc) is 3.36. The van der Waals surface area contributed by atoms with E-state index in [4.69, 9.17) is 0 Å². The van der Waals surface area contributed by atoms with E-state index in [1.54, 1.807) is 6.33 Å². The van der Waals surface area contributed by atoms with Gasteiger partial charge in [0.1, 0.15) is 12.1 Å². The van der Waals surface area contributed by atoms with Gasteiger partial charge >= 0.3 is 0 Å². The van der Waals surface area contributed by atoms with E-state index in [1.165, 1.54) is 4.90 Å². The lowest BCUT2D eigenvalue weighted by atomic mass is 10.2. The second-order valence-corrected chi connectivity index (χ2v) is 7.59. The summed E-state index contributed by atoms with van der Waals surface area (Å²) >= 11 is 0. The number of fused-ring (bicyclic) bond motifs is 1. The van der Waals surface area contributed by atoms with Crippen LogP contribution in [-0.2, 0) is 9.59 Å². The van der Waals surface area contributed by atoms with Gasteiger partial charge in [0.05, 0.1) is 17.3 Å². The number of nitrogens with zero attached hydrogens (tertiary/aromatic N) is 7. The molecule has 0 aliphatic carbocycles. The Morgan fingerprint density at radius 2 is 1.60 bits per heavy atom. The Balaban J connectivity index is 1.27. The van der Waals surface area contributed by atoms with Crippen molar-refractivity contribution in [1.82, 2.24) is 29.5 Å². The number of imide groups is 1. The molecule has 9 nitrogen and oxygen atoms in total. The number of piperazine rings is 1. The van der Waals surface area contributed by atoms with Crippen molar-refractivity contribution in [1.29, 1.82) is 0 Å². The summed E-state index contributed by atoms with van der Waals surface area (Å²) in [5.74, 6) is 0.807. The Bertz CT molecular complexity index is 1060. The van der Waals surface area contributed by atoms with Crippen LogP contribution in [0.2, 0.25) is 0 Å². The Morgan fingerprint density at radius 1 is 0.867 bits per heavy atom. The van der Waals surface area contributed by atoms with Crippen LogP contribution in [0.3, 0.4) is 0 Å². The van der Waals surface area contributed by atoms with E-state index in [2.05, 4.69) is 24.9 Å². The standard InChI is InChI=1S/C21H23N7O2/c29-18-6-7-19(30)27(18)13-10-25-8-11-26(12-9-25)20-17-14-24-28(21(17)23-15-22-20)16-4-2-1-3-5-16/h1-5,14-15H,6-13H2. The normalized spacial score (nSPS) is 18.0. The maximum Gasteiger partial charge on any atom is 0.229 e. The van der Waals surface area contributed by atoms with Gasteiger partial charge in [-0.3, -0.25) is 19.4 Å². The van der Waals surface area contributed by atoms with E-state index < -0.39 is 0 Å². The number of hydrogen-bond donors (Lipinski definition) is 0. The van der Waals surface area contributed by atoms with Gasteiger partial charge in [0.25, 0.3) is 0 Å². The first kappa shape index (κ1) is 18.7. The molecule has 4 heterocycles. The monoisotopic (exact) mass is 405 g/mol. The van der Waals surface area contributed by atoms with Gasteiger partial charge in [0.15, 0.2) is 5.65 Å². The lowest BCUT2D eigenvalue weighted by molar-refractivity contribution is -0.138. The summed E-state index contributed by atoms with van der Waals surface area (Å²) in [5, 5.41) is 5.46. The number of aromatic nitrogens is 4. The first-order valence-electron chi connectivity index (χ1n) is 10.3. The molecule has 0 atom stereocenters. The van der Waals surface area contributed by atoms with Crippen molar-refractivity contribution in [2.45, 2.75) is 12.8 Å². The van der Waals surface area contributed by atoms with E-state index in [1.807, 2.05) is 41.2 Å². The highest BCUT2D eigenvalue weighted by Crippen LogP contribution is 2.25. The molecule has 5 rings (SSSR count). The molecule has 2 amide bonds. The molecule has 0 bridgehead atoms. The molecule has 2 aliphatic heterocycles. The quantitative estimate of drug-likeness (QED) is 0.587. The van der Waals surface area contributed by atoms with Crippen molar-refractivity contribution in [3.05, 3.63) is 42.9 Å². The first-order valence-corrected chi connectivity index (χ1v) is 10.3. The van der Waals surface area contributed by atoms with Gasteiger partial charge in [-0.2, -0.15) is 5.10 Å². The van der Waals surface area contributed by atoms with Crippen LogP contribution >= 0.6 is 0 Å². The van der Waals surface area contributed by atoms with Gasteiger partial charge in [0.2, 0.25) is 11.8 Å². The minimum atomic E-state index is -0.0440. The summed E-state index contributed by atoms with van der Waals surface area (Å²) in [5.41, 5.74) is 1.76. The molecule has 0 spiro atoms. The van der Waals surface area contributed by atoms with Crippen molar-refractivity contribution < 1.29 is 9.59 Å². The third-order valence-electron chi connectivity index (χ3n) is 5.81. The minimum Gasteiger partial charge on any atom is -0.353 e. The third kappa shape index (κ3) is 3.41. The Kier molecular flexibility index (Phi) is 4.88. The molecule has 9 heteroatoms. The fourth-order valence-corrected chi connectivity index (χ4v) is 4.14. The van der Waals surface area contributed by atoms with E-state index in [0.717, 1.165) is 55.3 Å². The molecule has 2 aliphatic rings. The maximum atomic E-state index is 11.8. The fourth-order valence-electron chi connectivity index (χ4n) is 4.14. The van der Waals surface area contributed by atoms with Crippen LogP contribution in [0.5, 0.6) is 0 Å². The van der Waals surface area contributed by atoms with Crippen molar-refractivity contribution in [2.75, 3.05) is 44.2 Å². The van der Waals surface area contributed by atoms with Crippen LogP contribution in [0, 0.1) is 0 Å². The number of benzene rings is 1. The molecule has 0 saturated carbocycles. The van der Waals surface area contributed by atoms with Crippen LogP contribution in [0.25, 0.3) is 16.7 Å². The SMILES string of the molecule is O=C1CCC(=O)N1CCN1CCN(c2ncnc3c2cnn3-c2ccccc2)CC1. The lowest BCUT2D eigenvalue weighted by Crippen LogP contribution is -2.49. The molecule has 2 fully saturated rings. The average molecular weight is 405 g/mol. The molecule has 0 unspecified atom stereocenters. The fraction of sp³-hybridized carbons (Fsp3) is 0.381. The van der Waals surface area contributed by atoms with Crippen LogP contribution < -0.4 is 4.90 Å². The number of likely N-dealkylation sites (tertiary alicyclic amines) is 1. The van der Waals surface area contributed by atoms with E-state index in [-0.39, 0.29) is 11.8 Å². The highest BCUT2D eigenvalue weighted by Gasteiger charge is 2.29. The Hall–Kier alpha value is -3.33. The van der Waals surface area contributed by atoms with E-state index >= 15 is 0 Å². The topological polar surface area (TPSA) is 87.5 Å². The maximum absolute atomic E-state index is 11.8. The van der Waals surface area contributed by atoms with Crippen molar-refractivity contribution in [3.8, 4) is 5.69 Å². The summed E-state index contributed by atoms with van der Waals surface area (Å²) < 4.78 is 1.83. The molecular weight excluding hydrogens is 382 g/mol. The van der Waals surface area contributed by atoms with Gasteiger partial charge in [-0.05, 0) is 12.1 Å². The van der Waals surface area contributed by atoms with E-state index in [9.17, 15) is 9.59 Å². The number of hydrogen-bond acceptors (Lipinski definition) is 7. The molecular formula is C21H23N7O2. The molecule has 2 saturated heterocycles. The zero-order valence-corrected chi connectivity index (χ0v) is 16.6. The second kappa shape index (κ2) is 7.83. The van der Waals surface area contributed by atoms with Gasteiger partial charge in [-0.15, -0.1) is 0 Å². The predicted octanol–water partition coefficient (Wildman–Crippen LogP) is 1.09. The van der Waals surface area contributed by atoms with Crippen LogP contribution in [0.15, 0.2) is 42.9 Å². The number of anilines is 1. The number of para-hydroxylation sites is 1. The predicted molar refractivity (Wildman–Crippen MR) is 111 cm³/mol. The lowest BCUT2D eigenvalue weighted by Gasteiger charge is -2.36. The molecule has 0 radical (unpaired) electrons. The van der Waals surface area contributed by atoms with Crippen molar-refractivity contribution >= 4 is 28.7 Å². The summed E-state index contributed by atoms with van der Waals surface area (Å²) in [6.45, 7) is 4.56. The van der Waals surface area contributed by atoms with Crippen molar-refractivity contribution in [2.24, 2.45) is 0 Å². The zero-order chi connectivity index (χ0) is 20.5. The summed E-state index contributed by atoms with van der Waals surface area (Å²) in [6, 6.07) is 9.94. The summed E-state index contributed by atoms with van der Waals surface area (Å²) in [4.78, 5) is 38.5. The largest absolute Gasteiger partial charge is 0.353 e. The number of carbonyl (C=O) groups is 2. The number of carbonyl (C=O) groups excluding carboxylic acids is 2. The highest BCUT2D eigenvalue weighted by molar-refractivity contribution is 6.01. The molecule has 2 aromatic heterocycles. The third-order valence-corrected chi connectivity index (χ3v) is 5.81. The molecule has 3 aromatic rings. The Labute approximate surface area is 173 Å². The molecule has 0 N–H and O–H groups in total. The van der Waals surface area contributed by atoms with Gasteiger partial charge in [-0.1, -0.05) is 18.2 Å². The van der Waals surface area contributed by atoms with Crippen LogP contribution in [0.4, 0.5) is 5.82 Å². The summed E-state index contributed by atoms with van der Waals surface area (Å²) in [6.07, 6.45) is 4.13. The van der Waals surface area contributed by atoms with Gasteiger partial charge < -0.3 is 4.90 Å². The summed E-state index contributed by atoms with van der Waals surface area (Å²) in [7, 11) is 0. The van der Waals surface area contributed by atoms with Crippen molar-refractivity contribution in [3.63, 3.8) is 0 Å². The van der Waals surface area contributed by atoms with Crippen LogP contribution in [0.1, 0.15) is 12.8 Å². The first-order chi connectivity index (χ1) is 14.7. The Morgan fingerprint density at radius 3 is 2.33 bits per heavy atom. The minimum absolute atomic E-state index is 0.0440. The van der Waals surface area contributed by atoms with E-state index in [0.29, 0.717) is 19.4 Å². The second-order valence-electron chi connectivity index (χ2n) is 7.59.